The number of aliphatic hydroxyl groups excluding tert-OH is 1. The van der Waals surface area contributed by atoms with Crippen molar-refractivity contribution in [1.82, 2.24) is 0 Å². The molecule has 0 rings (SSSR count). The summed E-state index contributed by atoms with van der Waals surface area (Å²) >= 11 is 0. The van der Waals surface area contributed by atoms with Crippen LogP contribution in [0.5, 0.6) is 0 Å². The van der Waals surface area contributed by atoms with E-state index in [-0.39, 0.29) is 25.7 Å². The molecule has 0 amide bonds. The van der Waals surface area contributed by atoms with Gasteiger partial charge in [0.2, 0.25) is 0 Å². The predicted molar refractivity (Wildman–Crippen MR) is 358 cm³/mol. The van der Waals surface area contributed by atoms with Gasteiger partial charge in [0.05, 0.1) is 26.4 Å². The largest absolute Gasteiger partial charge is 0.472 e. The summed E-state index contributed by atoms with van der Waals surface area (Å²) in [5.41, 5.74) is 0. The van der Waals surface area contributed by atoms with Crippen molar-refractivity contribution in [3.05, 3.63) is 0 Å². The molecule has 17 nitrogen and oxygen atoms in total. The molecule has 6 atom stereocenters. The summed E-state index contributed by atoms with van der Waals surface area (Å²) < 4.78 is 68.3. The van der Waals surface area contributed by atoms with Crippen molar-refractivity contribution in [1.29, 1.82) is 0 Å². The molecule has 19 heteroatoms. The molecule has 4 unspecified atom stereocenters. The highest BCUT2D eigenvalue weighted by atomic mass is 31.2. The molecule has 0 fully saturated rings. The topological polar surface area (TPSA) is 237 Å². The van der Waals surface area contributed by atoms with Crippen molar-refractivity contribution >= 4 is 39.5 Å². The summed E-state index contributed by atoms with van der Waals surface area (Å²) in [4.78, 5) is 72.5. The molecule has 0 aliphatic heterocycles. The average Bonchev–Trinajstić information content (AvgIpc) is 3.67. The fourth-order valence-electron chi connectivity index (χ4n) is 10.5. The predicted octanol–water partition coefficient (Wildman–Crippen LogP) is 19.7. The van der Waals surface area contributed by atoms with E-state index in [2.05, 4.69) is 55.4 Å². The van der Waals surface area contributed by atoms with Gasteiger partial charge in [0.1, 0.15) is 19.3 Å². The summed E-state index contributed by atoms with van der Waals surface area (Å²) in [5.74, 6) is 0.878. The van der Waals surface area contributed by atoms with Crippen LogP contribution in [0.1, 0.15) is 344 Å². The molecular weight excluding hydrogens is 1170 g/mol. The standard InChI is InChI=1S/C70H136O17P2/c1-9-63(8)49-41-33-25-15-11-13-17-29-37-45-53-70(75)87-66(57-81-68(73)51-43-35-27-21-19-24-32-40-48-62(6)7)59-85-89(78,79)83-55-64(71)54-82-88(76,77)84-58-65(56-80-67(72)50-42-34-26-20-18-23-31-39-47-61(4)5)86-69(74)52-44-36-28-16-12-10-14-22-30-38-46-60(2)3/h60-66,71H,9-59H2,1-8H3,(H,76,77)(H,78,79)/t63?,64?,65-,66-/m1/s1. The van der Waals surface area contributed by atoms with Gasteiger partial charge < -0.3 is 33.8 Å². The molecule has 0 radical (unpaired) electrons. The molecule has 3 N–H and O–H groups in total. The Hall–Kier alpha value is -1.94. The molecule has 0 spiro atoms. The Balaban J connectivity index is 5.27. The molecule has 0 saturated heterocycles. The van der Waals surface area contributed by atoms with Gasteiger partial charge in [-0.15, -0.1) is 0 Å². The van der Waals surface area contributed by atoms with Crippen LogP contribution < -0.4 is 0 Å². The lowest BCUT2D eigenvalue weighted by Crippen LogP contribution is -2.30. The summed E-state index contributed by atoms with van der Waals surface area (Å²) in [7, 11) is -9.90. The van der Waals surface area contributed by atoms with Crippen molar-refractivity contribution in [2.75, 3.05) is 39.6 Å². The van der Waals surface area contributed by atoms with E-state index in [0.29, 0.717) is 25.7 Å². The van der Waals surface area contributed by atoms with Crippen LogP contribution >= 0.6 is 15.6 Å². The van der Waals surface area contributed by atoms with Gasteiger partial charge in [-0.25, -0.2) is 9.13 Å². The number of ether oxygens (including phenoxy) is 4. The molecule has 0 bridgehead atoms. The molecule has 89 heavy (non-hydrogen) atoms. The number of aliphatic hydroxyl groups is 1. The van der Waals surface area contributed by atoms with Gasteiger partial charge in [-0.05, 0) is 49.4 Å². The van der Waals surface area contributed by atoms with Gasteiger partial charge in [0, 0.05) is 25.7 Å². The Labute approximate surface area is 543 Å². The monoisotopic (exact) mass is 1310 g/mol. The molecule has 0 saturated carbocycles. The number of hydrogen-bond donors (Lipinski definition) is 3. The Morgan fingerprint density at radius 1 is 0.315 bits per heavy atom. The van der Waals surface area contributed by atoms with Crippen LogP contribution in [0.2, 0.25) is 0 Å². The molecule has 528 valence electrons. The van der Waals surface area contributed by atoms with Crippen molar-refractivity contribution in [2.45, 2.75) is 363 Å². The third kappa shape index (κ3) is 63.2. The maximum atomic E-state index is 13.0. The number of unbranched alkanes of at least 4 members (excludes halogenated alkanes) is 32. The third-order valence-electron chi connectivity index (χ3n) is 16.4. The SMILES string of the molecule is CCC(C)CCCCCCCCCCCCC(=O)O[C@H](COC(=O)CCCCCCCCCCC(C)C)COP(=O)(O)OCC(O)COP(=O)(O)OC[C@@H](COC(=O)CCCCCCCCCCC(C)C)OC(=O)CCCCCCCCCCCCC(C)C. The molecule has 0 aliphatic carbocycles. The first-order valence-corrected chi connectivity index (χ1v) is 39.2. The second-order valence-electron chi connectivity index (χ2n) is 26.9. The van der Waals surface area contributed by atoms with Crippen LogP contribution in [-0.4, -0.2) is 96.7 Å². The lowest BCUT2D eigenvalue weighted by molar-refractivity contribution is -0.161. The first-order chi connectivity index (χ1) is 42.6. The van der Waals surface area contributed by atoms with Gasteiger partial charge in [-0.3, -0.25) is 37.3 Å². The van der Waals surface area contributed by atoms with Crippen LogP contribution in [0.15, 0.2) is 0 Å². The average molecular weight is 1310 g/mol. The zero-order valence-corrected chi connectivity index (χ0v) is 59.8. The summed E-state index contributed by atoms with van der Waals surface area (Å²) in [5, 5.41) is 10.6. The minimum Gasteiger partial charge on any atom is -0.462 e. The second-order valence-corrected chi connectivity index (χ2v) is 29.8. The van der Waals surface area contributed by atoms with Crippen LogP contribution in [0.3, 0.4) is 0 Å². The van der Waals surface area contributed by atoms with E-state index in [9.17, 15) is 43.2 Å². The van der Waals surface area contributed by atoms with Gasteiger partial charge in [-0.2, -0.15) is 0 Å². The highest BCUT2D eigenvalue weighted by Crippen LogP contribution is 2.45. The molecule has 0 aromatic carbocycles. The number of phosphoric ester groups is 2. The third-order valence-corrected chi connectivity index (χ3v) is 18.3. The minimum absolute atomic E-state index is 0.105. The number of esters is 4. The van der Waals surface area contributed by atoms with Gasteiger partial charge in [0.15, 0.2) is 12.2 Å². The van der Waals surface area contributed by atoms with Crippen LogP contribution in [0.25, 0.3) is 0 Å². The minimum atomic E-state index is -4.95. The van der Waals surface area contributed by atoms with Crippen molar-refractivity contribution in [3.8, 4) is 0 Å². The quantitative estimate of drug-likeness (QED) is 0.0222. The van der Waals surface area contributed by atoms with E-state index in [1.54, 1.807) is 0 Å². The first kappa shape index (κ1) is 87.1. The van der Waals surface area contributed by atoms with E-state index in [0.717, 1.165) is 114 Å². The highest BCUT2D eigenvalue weighted by molar-refractivity contribution is 7.47. The smallest absolute Gasteiger partial charge is 0.462 e. The highest BCUT2D eigenvalue weighted by Gasteiger charge is 2.30. The fourth-order valence-corrected chi connectivity index (χ4v) is 12.0. The number of carbonyl (C=O) groups is 4. The second kappa shape index (κ2) is 59.8. The Kier molecular flexibility index (Phi) is 58.5. The molecule has 0 aliphatic rings. The Morgan fingerprint density at radius 3 is 0.798 bits per heavy atom. The number of phosphoric acid groups is 2. The van der Waals surface area contributed by atoms with E-state index < -0.39 is 97.5 Å². The zero-order valence-electron chi connectivity index (χ0n) is 58.1. The van der Waals surface area contributed by atoms with E-state index >= 15 is 0 Å². The number of carbonyl (C=O) groups excluding carboxylic acids is 4. The maximum absolute atomic E-state index is 13.0. The molecule has 0 aromatic heterocycles. The van der Waals surface area contributed by atoms with E-state index in [1.165, 1.54) is 148 Å². The number of rotatable bonds is 67. The molecule has 0 heterocycles. The van der Waals surface area contributed by atoms with Gasteiger partial charge in [0.25, 0.3) is 0 Å². The summed E-state index contributed by atoms with van der Waals surface area (Å²) in [6, 6.07) is 0. The van der Waals surface area contributed by atoms with E-state index in [1.807, 2.05) is 0 Å². The van der Waals surface area contributed by atoms with E-state index in [4.69, 9.17) is 37.0 Å². The van der Waals surface area contributed by atoms with Crippen molar-refractivity contribution in [3.63, 3.8) is 0 Å². The summed E-state index contributed by atoms with van der Waals surface area (Å²) in [6.07, 6.45) is 41.6. The number of hydrogen-bond acceptors (Lipinski definition) is 15. The van der Waals surface area contributed by atoms with Gasteiger partial charge >= 0.3 is 39.5 Å². The van der Waals surface area contributed by atoms with Crippen LogP contribution in [-0.2, 0) is 65.4 Å². The maximum Gasteiger partial charge on any atom is 0.472 e. The van der Waals surface area contributed by atoms with Crippen LogP contribution in [0, 0.1) is 23.7 Å². The Bertz CT molecular complexity index is 1770. The van der Waals surface area contributed by atoms with Crippen molar-refractivity contribution in [2.24, 2.45) is 23.7 Å². The molecule has 0 aromatic rings. The normalized spacial score (nSPS) is 14.6. The lowest BCUT2D eigenvalue weighted by atomic mass is 9.99. The Morgan fingerprint density at radius 2 is 0.539 bits per heavy atom. The van der Waals surface area contributed by atoms with Crippen LogP contribution in [0.4, 0.5) is 0 Å². The fraction of sp³-hybridized carbons (Fsp3) is 0.943. The molecular formula is C70H136O17P2. The summed E-state index contributed by atoms with van der Waals surface area (Å²) in [6.45, 7) is 14.1. The van der Waals surface area contributed by atoms with Crippen molar-refractivity contribution < 1.29 is 80.2 Å². The van der Waals surface area contributed by atoms with Gasteiger partial charge in [-0.1, -0.05) is 293 Å². The zero-order chi connectivity index (χ0) is 66.1. The lowest BCUT2D eigenvalue weighted by Gasteiger charge is -2.21. The first-order valence-electron chi connectivity index (χ1n) is 36.2.